The third-order valence-electron chi connectivity index (χ3n) is 1.08. The SMILES string of the molecule is O=S=c1[nH]cccc1[N+](=O)[O-]. The van der Waals surface area contributed by atoms with Gasteiger partial charge in [0.25, 0.3) is 0 Å². The molecule has 6 heteroatoms. The lowest BCUT2D eigenvalue weighted by Crippen LogP contribution is -1.90. The number of nitrogens with zero attached hydrogens (tertiary/aromatic N) is 1. The number of hydrogen-bond donors (Lipinski definition) is 1. The van der Waals surface area contributed by atoms with Crippen LogP contribution in [0.2, 0.25) is 0 Å². The van der Waals surface area contributed by atoms with Gasteiger partial charge in [-0.3, -0.25) is 10.1 Å². The molecule has 0 aliphatic carbocycles. The van der Waals surface area contributed by atoms with Gasteiger partial charge in [-0.15, -0.1) is 0 Å². The fraction of sp³-hybridized carbons (Fsp3) is 0. The Morgan fingerprint density at radius 2 is 2.36 bits per heavy atom. The first-order valence-corrected chi connectivity index (χ1v) is 3.45. The number of rotatable bonds is 1. The Morgan fingerprint density at radius 1 is 1.64 bits per heavy atom. The van der Waals surface area contributed by atoms with Crippen molar-refractivity contribution >= 4 is 16.9 Å². The highest BCUT2D eigenvalue weighted by atomic mass is 32.1. The molecule has 0 saturated carbocycles. The number of aromatic amines is 1. The highest BCUT2D eigenvalue weighted by molar-refractivity contribution is 7.56. The maximum atomic E-state index is 10.2. The van der Waals surface area contributed by atoms with Crippen LogP contribution in [0.1, 0.15) is 0 Å². The van der Waals surface area contributed by atoms with E-state index in [2.05, 4.69) is 4.98 Å². The second-order valence-corrected chi connectivity index (χ2v) is 2.30. The molecule has 0 aliphatic heterocycles. The molecule has 0 aromatic carbocycles. The van der Waals surface area contributed by atoms with Gasteiger partial charge >= 0.3 is 5.69 Å². The standard InChI is InChI=1S/C5H4N2O3S/c8-7(9)4-2-1-3-6-5(4)11-10/h1-3,6H. The van der Waals surface area contributed by atoms with Crippen molar-refractivity contribution in [3.63, 3.8) is 0 Å². The summed E-state index contributed by atoms with van der Waals surface area (Å²) in [6.07, 6.45) is 1.47. The molecule has 1 heterocycles. The van der Waals surface area contributed by atoms with Gasteiger partial charge in [0.2, 0.25) is 4.64 Å². The van der Waals surface area contributed by atoms with Crippen molar-refractivity contribution < 1.29 is 9.13 Å². The van der Waals surface area contributed by atoms with Crippen molar-refractivity contribution in [2.75, 3.05) is 0 Å². The van der Waals surface area contributed by atoms with Crippen LogP contribution in [0.5, 0.6) is 0 Å². The second-order valence-electron chi connectivity index (χ2n) is 1.72. The van der Waals surface area contributed by atoms with Gasteiger partial charge in [-0.2, -0.15) is 0 Å². The van der Waals surface area contributed by atoms with E-state index in [1.807, 2.05) is 0 Å². The first kappa shape index (κ1) is 7.67. The number of H-pyrrole nitrogens is 1. The zero-order valence-corrected chi connectivity index (χ0v) is 6.13. The molecule has 0 radical (unpaired) electrons. The van der Waals surface area contributed by atoms with Crippen LogP contribution in [-0.4, -0.2) is 14.1 Å². The van der Waals surface area contributed by atoms with Crippen LogP contribution in [0.3, 0.4) is 0 Å². The first-order valence-electron chi connectivity index (χ1n) is 2.70. The lowest BCUT2D eigenvalue weighted by molar-refractivity contribution is -0.385. The smallest absolute Gasteiger partial charge is 0.306 e. The monoisotopic (exact) mass is 172 g/mol. The lowest BCUT2D eigenvalue weighted by Gasteiger charge is -1.87. The van der Waals surface area contributed by atoms with Gasteiger partial charge in [-0.05, 0) is 6.07 Å². The molecule has 0 saturated heterocycles. The Labute approximate surface area is 64.9 Å². The largest absolute Gasteiger partial charge is 0.345 e. The summed E-state index contributed by atoms with van der Waals surface area (Å²) < 4.78 is 10.3. The molecule has 1 aromatic rings. The molecule has 0 amide bonds. The average molecular weight is 172 g/mol. The van der Waals surface area contributed by atoms with Crippen molar-refractivity contribution in [3.8, 4) is 0 Å². The minimum Gasteiger partial charge on any atom is -0.345 e. The highest BCUT2D eigenvalue weighted by Crippen LogP contribution is 2.07. The summed E-state index contributed by atoms with van der Waals surface area (Å²) in [5.74, 6) is 0. The molecule has 11 heavy (non-hydrogen) atoms. The molecule has 58 valence electrons. The predicted molar refractivity (Wildman–Crippen MR) is 38.8 cm³/mol. The molecule has 1 rings (SSSR count). The van der Waals surface area contributed by atoms with E-state index in [1.54, 1.807) is 0 Å². The molecule has 1 aromatic heterocycles. The summed E-state index contributed by atoms with van der Waals surface area (Å²) in [5, 5.41) is 10.2. The molecular weight excluding hydrogens is 168 g/mol. The Morgan fingerprint density at radius 3 is 2.82 bits per heavy atom. The first-order chi connectivity index (χ1) is 5.25. The molecule has 0 aliphatic rings. The normalized spacial score (nSPS) is 9.09. The summed E-state index contributed by atoms with van der Waals surface area (Å²) in [7, 11) is 0. The molecule has 1 N–H and O–H groups in total. The van der Waals surface area contributed by atoms with Crippen LogP contribution >= 0.6 is 0 Å². The summed E-state index contributed by atoms with van der Waals surface area (Å²) >= 11 is 0.0765. The minimum atomic E-state index is -0.600. The third-order valence-corrected chi connectivity index (χ3v) is 1.57. The van der Waals surface area contributed by atoms with Gasteiger partial charge in [-0.25, -0.2) is 4.21 Å². The van der Waals surface area contributed by atoms with Crippen molar-refractivity contribution in [2.45, 2.75) is 0 Å². The van der Waals surface area contributed by atoms with E-state index in [0.29, 0.717) is 0 Å². The molecule has 0 atom stereocenters. The topological polar surface area (TPSA) is 76.0 Å². The lowest BCUT2D eigenvalue weighted by atomic mass is 10.4. The van der Waals surface area contributed by atoms with Crippen LogP contribution in [0, 0.1) is 14.8 Å². The Bertz CT molecular complexity index is 366. The van der Waals surface area contributed by atoms with Gasteiger partial charge in [0.05, 0.1) is 4.92 Å². The molecule has 0 spiro atoms. The van der Waals surface area contributed by atoms with E-state index in [1.165, 1.54) is 18.3 Å². The fourth-order valence-electron chi connectivity index (χ4n) is 0.623. The maximum absolute atomic E-state index is 10.2. The Hall–Kier alpha value is -1.43. The van der Waals surface area contributed by atoms with E-state index in [9.17, 15) is 14.3 Å². The average Bonchev–Trinajstić information content (AvgIpc) is 2.04. The predicted octanol–water partition coefficient (Wildman–Crippen LogP) is 0.668. The molecular formula is C5H4N2O3S. The second kappa shape index (κ2) is 3.11. The van der Waals surface area contributed by atoms with Crippen LogP contribution < -0.4 is 0 Å². The molecule has 5 nitrogen and oxygen atoms in total. The number of pyridine rings is 1. The number of nitrogens with one attached hydrogen (secondary N) is 1. The van der Waals surface area contributed by atoms with Gasteiger partial charge in [0, 0.05) is 12.3 Å². The van der Waals surface area contributed by atoms with Crippen molar-refractivity contribution in [3.05, 3.63) is 33.1 Å². The zero-order chi connectivity index (χ0) is 8.27. The molecule has 0 bridgehead atoms. The van der Waals surface area contributed by atoms with Gasteiger partial charge in [-0.1, -0.05) is 0 Å². The Balaban J connectivity index is 3.48. The highest BCUT2D eigenvalue weighted by Gasteiger charge is 2.06. The van der Waals surface area contributed by atoms with E-state index >= 15 is 0 Å². The van der Waals surface area contributed by atoms with E-state index in [4.69, 9.17) is 0 Å². The summed E-state index contributed by atoms with van der Waals surface area (Å²) in [5.41, 5.74) is -0.187. The quantitative estimate of drug-likeness (QED) is 0.384. The Kier molecular flexibility index (Phi) is 2.17. The number of aromatic nitrogens is 1. The van der Waals surface area contributed by atoms with Gasteiger partial charge < -0.3 is 4.98 Å². The van der Waals surface area contributed by atoms with Crippen molar-refractivity contribution in [1.82, 2.24) is 4.98 Å². The summed E-state index contributed by atoms with van der Waals surface area (Å²) in [4.78, 5) is 12.1. The fourth-order valence-corrected chi connectivity index (χ4v) is 0.967. The zero-order valence-electron chi connectivity index (χ0n) is 5.31. The number of hydrogen-bond acceptors (Lipinski definition) is 3. The van der Waals surface area contributed by atoms with Crippen molar-refractivity contribution in [1.29, 1.82) is 0 Å². The van der Waals surface area contributed by atoms with Crippen LogP contribution in [0.15, 0.2) is 18.3 Å². The van der Waals surface area contributed by atoms with E-state index in [-0.39, 0.29) is 21.6 Å². The van der Waals surface area contributed by atoms with E-state index in [0.717, 1.165) is 0 Å². The number of nitro groups is 1. The minimum absolute atomic E-state index is 0.0255. The third kappa shape index (κ3) is 1.53. The van der Waals surface area contributed by atoms with Gasteiger partial charge in [0.15, 0.2) is 0 Å². The summed E-state index contributed by atoms with van der Waals surface area (Å²) in [6.45, 7) is 0. The van der Waals surface area contributed by atoms with Crippen LogP contribution in [0.4, 0.5) is 5.69 Å². The van der Waals surface area contributed by atoms with Crippen LogP contribution in [-0.2, 0) is 11.3 Å². The van der Waals surface area contributed by atoms with E-state index < -0.39 is 4.92 Å². The van der Waals surface area contributed by atoms with Crippen molar-refractivity contribution in [2.24, 2.45) is 0 Å². The summed E-state index contributed by atoms with van der Waals surface area (Å²) in [6, 6.07) is 2.74. The van der Waals surface area contributed by atoms with Gasteiger partial charge in [0.1, 0.15) is 11.3 Å². The molecule has 0 fully saturated rings. The maximum Gasteiger partial charge on any atom is 0.306 e. The van der Waals surface area contributed by atoms with Crippen LogP contribution in [0.25, 0.3) is 0 Å². The molecule has 0 unspecified atom stereocenters.